The lowest BCUT2D eigenvalue weighted by Crippen LogP contribution is -2.54. The lowest BCUT2D eigenvalue weighted by Gasteiger charge is -2.42. The number of aromatic amines is 1. The van der Waals surface area contributed by atoms with E-state index in [1.807, 2.05) is 16.0 Å². The zero-order valence-corrected chi connectivity index (χ0v) is 21.3. The van der Waals surface area contributed by atoms with E-state index in [1.165, 1.54) is 17.1 Å². The Morgan fingerprint density at radius 2 is 1.95 bits per heavy atom. The zero-order valence-electron chi connectivity index (χ0n) is 21.3. The summed E-state index contributed by atoms with van der Waals surface area (Å²) in [4.78, 5) is 24.9. The highest BCUT2D eigenvalue weighted by Crippen LogP contribution is 2.46. The van der Waals surface area contributed by atoms with Crippen LogP contribution in [-0.2, 0) is 17.5 Å². The van der Waals surface area contributed by atoms with Crippen molar-refractivity contribution in [3.8, 4) is 0 Å². The number of carbonyl (C=O) groups excluding carboxylic acids is 1. The van der Waals surface area contributed by atoms with Crippen molar-refractivity contribution in [2.24, 2.45) is 11.3 Å². The van der Waals surface area contributed by atoms with E-state index >= 15 is 0 Å². The highest BCUT2D eigenvalue weighted by atomic mass is 19.4. The van der Waals surface area contributed by atoms with Gasteiger partial charge >= 0.3 is 6.18 Å². The number of aromatic nitrogens is 2. The number of fused-ring (bicyclic) bond motifs is 1. The molecule has 0 radical (unpaired) electrons. The molecule has 1 aliphatic heterocycles. The number of halogens is 3. The molecule has 6 nitrogen and oxygen atoms in total. The number of nitrogens with one attached hydrogen (secondary N) is 2. The first-order chi connectivity index (χ1) is 17.7. The fraction of sp³-hybridized carbons (Fsp3) is 0.500. The number of anilines is 1. The number of piperazine rings is 1. The average molecular weight is 514 g/mol. The average Bonchev–Trinajstić information content (AvgIpc) is 3.54. The van der Waals surface area contributed by atoms with E-state index in [0.29, 0.717) is 32.0 Å². The summed E-state index contributed by atoms with van der Waals surface area (Å²) in [7, 11) is 0. The van der Waals surface area contributed by atoms with E-state index in [9.17, 15) is 18.0 Å². The zero-order chi connectivity index (χ0) is 26.2. The van der Waals surface area contributed by atoms with Crippen LogP contribution in [0.5, 0.6) is 0 Å². The molecule has 1 saturated heterocycles. The summed E-state index contributed by atoms with van der Waals surface area (Å²) in [6.45, 7) is 6.93. The number of hydrogen-bond donors (Lipinski definition) is 2. The summed E-state index contributed by atoms with van der Waals surface area (Å²) in [6.07, 6.45) is 1.33. The summed E-state index contributed by atoms with van der Waals surface area (Å²) in [6, 6.07) is 10.8. The van der Waals surface area contributed by atoms with Gasteiger partial charge in [-0.3, -0.25) is 4.79 Å². The molecule has 3 heterocycles. The van der Waals surface area contributed by atoms with E-state index in [2.05, 4.69) is 53.4 Å². The van der Waals surface area contributed by atoms with Crippen LogP contribution in [0.15, 0.2) is 48.8 Å². The van der Waals surface area contributed by atoms with Crippen LogP contribution in [0.1, 0.15) is 44.2 Å². The van der Waals surface area contributed by atoms with Crippen LogP contribution in [0, 0.1) is 11.3 Å². The summed E-state index contributed by atoms with van der Waals surface area (Å²) in [5.74, 6) is 0.687. The molecule has 1 aromatic carbocycles. The first kappa shape index (κ1) is 25.6. The number of rotatable bonds is 6. The second-order valence-corrected chi connectivity index (χ2v) is 10.7. The van der Waals surface area contributed by atoms with Crippen molar-refractivity contribution in [3.63, 3.8) is 0 Å². The van der Waals surface area contributed by atoms with Gasteiger partial charge in [-0.25, -0.2) is 4.98 Å². The molecule has 0 spiro atoms. The van der Waals surface area contributed by atoms with Gasteiger partial charge in [-0.1, -0.05) is 19.9 Å². The number of carbonyl (C=O) groups is 1. The van der Waals surface area contributed by atoms with E-state index in [-0.39, 0.29) is 17.9 Å². The minimum atomic E-state index is -4.40. The molecule has 2 aliphatic rings. The molecule has 37 heavy (non-hydrogen) atoms. The Bertz CT molecular complexity index is 1250. The second-order valence-electron chi connectivity index (χ2n) is 10.7. The van der Waals surface area contributed by atoms with Crippen LogP contribution in [0.3, 0.4) is 0 Å². The molecule has 2 atom stereocenters. The van der Waals surface area contributed by atoms with Crippen molar-refractivity contribution in [1.82, 2.24) is 20.2 Å². The van der Waals surface area contributed by atoms with Crippen molar-refractivity contribution in [2.75, 3.05) is 31.1 Å². The number of amides is 1. The second kappa shape index (κ2) is 10.0. The van der Waals surface area contributed by atoms with Gasteiger partial charge in [0.05, 0.1) is 11.0 Å². The predicted octanol–water partition coefficient (Wildman–Crippen LogP) is 5.22. The van der Waals surface area contributed by atoms with Crippen molar-refractivity contribution in [3.05, 3.63) is 59.9 Å². The molecule has 0 bridgehead atoms. The van der Waals surface area contributed by atoms with Gasteiger partial charge in [0.15, 0.2) is 0 Å². The first-order valence-corrected chi connectivity index (χ1v) is 13.0. The fourth-order valence-electron chi connectivity index (χ4n) is 5.91. The van der Waals surface area contributed by atoms with Crippen LogP contribution in [0.2, 0.25) is 0 Å². The Hall–Kier alpha value is -3.07. The SMILES string of the molecule is CC(C)C1(C(=O)N2CCN(c3cc(C(F)(F)F)ccn3)CC2)CCC(NCc2ccc3[nH]ccc3c2)C1. The van der Waals surface area contributed by atoms with Gasteiger partial charge in [-0.05, 0) is 66.5 Å². The Labute approximate surface area is 215 Å². The topological polar surface area (TPSA) is 64.3 Å². The Balaban J connectivity index is 1.20. The largest absolute Gasteiger partial charge is 0.416 e. The molecule has 2 fully saturated rings. The van der Waals surface area contributed by atoms with Gasteiger partial charge in [-0.15, -0.1) is 0 Å². The number of alkyl halides is 3. The number of benzene rings is 1. The van der Waals surface area contributed by atoms with E-state index < -0.39 is 17.2 Å². The number of H-pyrrole nitrogens is 1. The normalized spacial score (nSPS) is 22.8. The van der Waals surface area contributed by atoms with Gasteiger partial charge in [0, 0.05) is 56.7 Å². The van der Waals surface area contributed by atoms with Gasteiger partial charge in [0.25, 0.3) is 0 Å². The number of pyridine rings is 1. The molecular weight excluding hydrogens is 479 g/mol. The first-order valence-electron chi connectivity index (χ1n) is 13.0. The van der Waals surface area contributed by atoms with Crippen molar-refractivity contribution in [1.29, 1.82) is 0 Å². The minimum absolute atomic E-state index is 0.178. The van der Waals surface area contributed by atoms with Crippen molar-refractivity contribution >= 4 is 22.6 Å². The highest BCUT2D eigenvalue weighted by molar-refractivity contribution is 5.84. The van der Waals surface area contributed by atoms with E-state index in [4.69, 9.17) is 0 Å². The molecule has 5 rings (SSSR count). The molecule has 198 valence electrons. The van der Waals surface area contributed by atoms with Crippen LogP contribution in [-0.4, -0.2) is 53.0 Å². The van der Waals surface area contributed by atoms with Gasteiger partial charge < -0.3 is 20.1 Å². The Morgan fingerprint density at radius 3 is 2.68 bits per heavy atom. The van der Waals surface area contributed by atoms with Gasteiger partial charge in [0.2, 0.25) is 5.91 Å². The monoisotopic (exact) mass is 513 g/mol. The maximum absolute atomic E-state index is 13.8. The van der Waals surface area contributed by atoms with Crippen LogP contribution < -0.4 is 10.2 Å². The van der Waals surface area contributed by atoms with E-state index in [0.717, 1.165) is 43.5 Å². The summed E-state index contributed by atoms with van der Waals surface area (Å²) in [5.41, 5.74) is 1.23. The molecule has 1 amide bonds. The van der Waals surface area contributed by atoms with Crippen molar-refractivity contribution in [2.45, 2.75) is 51.9 Å². The third-order valence-electron chi connectivity index (χ3n) is 8.26. The third-order valence-corrected chi connectivity index (χ3v) is 8.26. The van der Waals surface area contributed by atoms with Crippen LogP contribution in [0.25, 0.3) is 10.9 Å². The maximum atomic E-state index is 13.8. The smallest absolute Gasteiger partial charge is 0.361 e. The molecule has 1 aliphatic carbocycles. The lowest BCUT2D eigenvalue weighted by atomic mass is 9.74. The van der Waals surface area contributed by atoms with Crippen molar-refractivity contribution < 1.29 is 18.0 Å². The summed E-state index contributed by atoms with van der Waals surface area (Å²) >= 11 is 0. The van der Waals surface area contributed by atoms with Crippen LogP contribution in [0.4, 0.5) is 19.0 Å². The molecule has 3 aromatic rings. The summed E-state index contributed by atoms with van der Waals surface area (Å²) in [5, 5.41) is 4.87. The molecule has 2 unspecified atom stereocenters. The molecule has 9 heteroatoms. The summed E-state index contributed by atoms with van der Waals surface area (Å²) < 4.78 is 39.4. The Kier molecular flexibility index (Phi) is 6.91. The third kappa shape index (κ3) is 5.19. The maximum Gasteiger partial charge on any atom is 0.416 e. The molecule has 1 saturated carbocycles. The van der Waals surface area contributed by atoms with Gasteiger partial charge in [-0.2, -0.15) is 13.2 Å². The Morgan fingerprint density at radius 1 is 1.16 bits per heavy atom. The molecular formula is C28H34F3N5O. The van der Waals surface area contributed by atoms with Crippen LogP contribution >= 0.6 is 0 Å². The highest BCUT2D eigenvalue weighted by Gasteiger charge is 2.49. The number of hydrogen-bond acceptors (Lipinski definition) is 4. The molecule has 2 N–H and O–H groups in total. The fourth-order valence-corrected chi connectivity index (χ4v) is 5.91. The molecule has 2 aromatic heterocycles. The number of nitrogens with zero attached hydrogens (tertiary/aromatic N) is 3. The minimum Gasteiger partial charge on any atom is -0.361 e. The van der Waals surface area contributed by atoms with E-state index in [1.54, 1.807) is 0 Å². The quantitative estimate of drug-likeness (QED) is 0.475. The van der Waals surface area contributed by atoms with Gasteiger partial charge in [0.1, 0.15) is 5.82 Å². The lowest BCUT2D eigenvalue weighted by molar-refractivity contribution is -0.145. The predicted molar refractivity (Wildman–Crippen MR) is 138 cm³/mol. The standard InChI is InChI=1S/C28H34F3N5O/c1-19(2)27(8-5-23(17-27)34-18-20-3-4-24-21(15-20)6-9-32-24)26(37)36-13-11-35(12-14-36)25-16-22(7-10-33-25)28(29,30)31/h3-4,6-7,9-10,15-16,19,23,32,34H,5,8,11-14,17-18H2,1-2H3.